The van der Waals surface area contributed by atoms with E-state index in [-0.39, 0.29) is 6.61 Å². The topological polar surface area (TPSA) is 44.0 Å². The Morgan fingerprint density at radius 1 is 1.33 bits per heavy atom. The predicted octanol–water partition coefficient (Wildman–Crippen LogP) is 3.50. The summed E-state index contributed by atoms with van der Waals surface area (Å²) in [6, 6.07) is 6.59. The van der Waals surface area contributed by atoms with Crippen LogP contribution in [0.4, 0.5) is 0 Å². The van der Waals surface area contributed by atoms with E-state index in [0.29, 0.717) is 18.8 Å². The Labute approximate surface area is 110 Å². The van der Waals surface area contributed by atoms with Crippen molar-refractivity contribution in [2.24, 2.45) is 0 Å². The summed E-state index contributed by atoms with van der Waals surface area (Å²) in [6.07, 6.45) is 3.21. The smallest absolute Gasteiger partial charge is 0.0628 e. The molecule has 0 heterocycles. The molecule has 0 aromatic heterocycles. The SMILES string of the molecule is CCc1ccc(C)c(C(CC)CC#N)c1CCO. The summed E-state index contributed by atoms with van der Waals surface area (Å²) in [7, 11) is 0. The van der Waals surface area contributed by atoms with Gasteiger partial charge in [-0.15, -0.1) is 0 Å². The second-order valence-corrected chi connectivity index (χ2v) is 4.73. The zero-order valence-corrected chi connectivity index (χ0v) is 11.7. The van der Waals surface area contributed by atoms with E-state index in [1.165, 1.54) is 22.3 Å². The molecule has 0 bridgehead atoms. The van der Waals surface area contributed by atoms with Crippen molar-refractivity contribution in [2.45, 2.75) is 52.4 Å². The van der Waals surface area contributed by atoms with Crippen molar-refractivity contribution in [1.82, 2.24) is 0 Å². The third-order valence-electron chi connectivity index (χ3n) is 3.65. The second-order valence-electron chi connectivity index (χ2n) is 4.73. The minimum Gasteiger partial charge on any atom is -0.396 e. The highest BCUT2D eigenvalue weighted by molar-refractivity contribution is 5.43. The normalized spacial score (nSPS) is 12.2. The number of benzene rings is 1. The molecule has 18 heavy (non-hydrogen) atoms. The Hall–Kier alpha value is -1.33. The van der Waals surface area contributed by atoms with Crippen molar-refractivity contribution >= 4 is 0 Å². The molecular formula is C16H23NO. The van der Waals surface area contributed by atoms with Crippen molar-refractivity contribution in [3.05, 3.63) is 34.4 Å². The molecule has 2 nitrogen and oxygen atoms in total. The van der Waals surface area contributed by atoms with Gasteiger partial charge in [0.2, 0.25) is 0 Å². The lowest BCUT2D eigenvalue weighted by atomic mass is 9.83. The van der Waals surface area contributed by atoms with Crippen LogP contribution in [0.3, 0.4) is 0 Å². The monoisotopic (exact) mass is 245 g/mol. The molecule has 0 saturated carbocycles. The molecule has 1 rings (SSSR count). The van der Waals surface area contributed by atoms with Crippen LogP contribution in [0.25, 0.3) is 0 Å². The van der Waals surface area contributed by atoms with E-state index in [2.05, 4.69) is 39.0 Å². The second kappa shape index (κ2) is 7.18. The number of hydrogen-bond acceptors (Lipinski definition) is 2. The van der Waals surface area contributed by atoms with Crippen LogP contribution in [0.2, 0.25) is 0 Å². The van der Waals surface area contributed by atoms with Crippen LogP contribution in [0, 0.1) is 18.3 Å². The maximum absolute atomic E-state index is 9.27. The first-order chi connectivity index (χ1) is 8.69. The number of nitriles is 1. The van der Waals surface area contributed by atoms with E-state index in [9.17, 15) is 5.11 Å². The first-order valence-corrected chi connectivity index (χ1v) is 6.78. The van der Waals surface area contributed by atoms with Gasteiger partial charge in [-0.2, -0.15) is 5.26 Å². The molecule has 0 amide bonds. The lowest BCUT2D eigenvalue weighted by Crippen LogP contribution is -2.09. The van der Waals surface area contributed by atoms with Crippen molar-refractivity contribution < 1.29 is 5.11 Å². The molecule has 1 N–H and O–H groups in total. The highest BCUT2D eigenvalue weighted by Gasteiger charge is 2.18. The Morgan fingerprint density at radius 3 is 2.56 bits per heavy atom. The Kier molecular flexibility index (Phi) is 5.88. The number of hydrogen-bond donors (Lipinski definition) is 1. The number of nitrogens with zero attached hydrogens (tertiary/aromatic N) is 1. The van der Waals surface area contributed by atoms with Crippen LogP contribution in [0.1, 0.15) is 54.9 Å². The molecule has 0 aliphatic heterocycles. The third kappa shape index (κ3) is 3.11. The summed E-state index contributed by atoms with van der Waals surface area (Å²) < 4.78 is 0. The molecule has 0 aliphatic carbocycles. The Morgan fingerprint density at radius 2 is 2.06 bits per heavy atom. The predicted molar refractivity (Wildman–Crippen MR) is 74.6 cm³/mol. The van der Waals surface area contributed by atoms with Crippen LogP contribution < -0.4 is 0 Å². The van der Waals surface area contributed by atoms with Gasteiger partial charge in [-0.25, -0.2) is 0 Å². The third-order valence-corrected chi connectivity index (χ3v) is 3.65. The van der Waals surface area contributed by atoms with Gasteiger partial charge in [-0.3, -0.25) is 0 Å². The average Bonchev–Trinajstić information content (AvgIpc) is 2.38. The molecule has 2 heteroatoms. The number of aliphatic hydroxyl groups is 1. The maximum Gasteiger partial charge on any atom is 0.0628 e. The summed E-state index contributed by atoms with van der Waals surface area (Å²) in [5.74, 6) is 0.294. The molecule has 98 valence electrons. The first-order valence-electron chi connectivity index (χ1n) is 6.78. The van der Waals surface area contributed by atoms with Crippen LogP contribution in [-0.2, 0) is 12.8 Å². The molecule has 1 aromatic carbocycles. The summed E-state index contributed by atoms with van der Waals surface area (Å²) in [5, 5.41) is 18.2. The minimum absolute atomic E-state index is 0.173. The molecular weight excluding hydrogens is 222 g/mol. The summed E-state index contributed by atoms with van der Waals surface area (Å²) >= 11 is 0. The Balaban J connectivity index is 3.33. The fourth-order valence-corrected chi connectivity index (χ4v) is 2.69. The van der Waals surface area contributed by atoms with Gasteiger partial charge in [0, 0.05) is 13.0 Å². The molecule has 0 aliphatic rings. The number of rotatable bonds is 6. The molecule has 0 fully saturated rings. The highest BCUT2D eigenvalue weighted by atomic mass is 16.2. The van der Waals surface area contributed by atoms with E-state index in [1.54, 1.807) is 0 Å². The van der Waals surface area contributed by atoms with E-state index in [0.717, 1.165) is 12.8 Å². The molecule has 1 unspecified atom stereocenters. The van der Waals surface area contributed by atoms with Gasteiger partial charge in [0.15, 0.2) is 0 Å². The Bertz CT molecular complexity index is 431. The molecule has 1 aromatic rings. The van der Waals surface area contributed by atoms with Gasteiger partial charge in [0.25, 0.3) is 0 Å². The van der Waals surface area contributed by atoms with Crippen molar-refractivity contribution in [1.29, 1.82) is 5.26 Å². The zero-order valence-electron chi connectivity index (χ0n) is 11.7. The molecule has 0 radical (unpaired) electrons. The van der Waals surface area contributed by atoms with E-state index in [1.807, 2.05) is 0 Å². The van der Waals surface area contributed by atoms with E-state index < -0.39 is 0 Å². The quantitative estimate of drug-likeness (QED) is 0.833. The van der Waals surface area contributed by atoms with E-state index >= 15 is 0 Å². The molecule has 0 saturated heterocycles. The zero-order chi connectivity index (χ0) is 13.5. The van der Waals surface area contributed by atoms with Crippen LogP contribution in [0.5, 0.6) is 0 Å². The summed E-state index contributed by atoms with van der Waals surface area (Å²) in [4.78, 5) is 0. The first kappa shape index (κ1) is 14.7. The van der Waals surface area contributed by atoms with Crippen LogP contribution >= 0.6 is 0 Å². The number of aryl methyl sites for hydroxylation is 2. The van der Waals surface area contributed by atoms with Gasteiger partial charge in [-0.05, 0) is 54.4 Å². The lowest BCUT2D eigenvalue weighted by molar-refractivity contribution is 0.298. The largest absolute Gasteiger partial charge is 0.396 e. The van der Waals surface area contributed by atoms with Gasteiger partial charge in [0.05, 0.1) is 6.07 Å². The maximum atomic E-state index is 9.27. The standard InChI is InChI=1S/C16H23NO/c1-4-13-7-6-12(3)16(15(13)9-11-18)14(5-2)8-10-17/h6-7,14,18H,4-5,8-9,11H2,1-3H3. The van der Waals surface area contributed by atoms with Crippen molar-refractivity contribution in [3.8, 4) is 6.07 Å². The fraction of sp³-hybridized carbons (Fsp3) is 0.562. The van der Waals surface area contributed by atoms with Crippen LogP contribution in [-0.4, -0.2) is 11.7 Å². The molecule has 1 atom stereocenters. The van der Waals surface area contributed by atoms with E-state index in [4.69, 9.17) is 5.26 Å². The van der Waals surface area contributed by atoms with Gasteiger partial charge in [-0.1, -0.05) is 26.0 Å². The summed E-state index contributed by atoms with van der Waals surface area (Å²) in [5.41, 5.74) is 5.12. The van der Waals surface area contributed by atoms with Gasteiger partial charge in [0.1, 0.15) is 0 Å². The lowest BCUT2D eigenvalue weighted by Gasteiger charge is -2.22. The highest BCUT2D eigenvalue weighted by Crippen LogP contribution is 2.32. The van der Waals surface area contributed by atoms with Gasteiger partial charge >= 0.3 is 0 Å². The number of aliphatic hydroxyl groups excluding tert-OH is 1. The summed E-state index contributed by atoms with van der Waals surface area (Å²) in [6.45, 7) is 6.55. The van der Waals surface area contributed by atoms with Crippen molar-refractivity contribution in [3.63, 3.8) is 0 Å². The fourth-order valence-electron chi connectivity index (χ4n) is 2.69. The van der Waals surface area contributed by atoms with Crippen LogP contribution in [0.15, 0.2) is 12.1 Å². The average molecular weight is 245 g/mol. The minimum atomic E-state index is 0.173. The molecule has 0 spiro atoms. The van der Waals surface area contributed by atoms with Crippen molar-refractivity contribution in [2.75, 3.05) is 6.61 Å². The van der Waals surface area contributed by atoms with Gasteiger partial charge < -0.3 is 5.11 Å².